The molecule has 114 valence electrons. The topological polar surface area (TPSA) is 0 Å². The predicted octanol–water partition coefficient (Wildman–Crippen LogP) is 5.79. The van der Waals surface area contributed by atoms with Crippen LogP contribution in [0.25, 0.3) is 0 Å². The zero-order valence-electron chi connectivity index (χ0n) is 12.1. The average molecular weight is 312 g/mol. The molecule has 0 unspecified atom stereocenters. The molecule has 0 atom stereocenters. The van der Waals surface area contributed by atoms with E-state index in [1.807, 2.05) is 6.92 Å². The molecule has 1 fully saturated rings. The summed E-state index contributed by atoms with van der Waals surface area (Å²) in [5, 5.41) is 0. The summed E-state index contributed by atoms with van der Waals surface area (Å²) in [7, 11) is 0. The molecule has 0 heterocycles. The van der Waals surface area contributed by atoms with E-state index in [-0.39, 0.29) is 16.7 Å². The third-order valence-electron chi connectivity index (χ3n) is 3.69. The Kier molecular flexibility index (Phi) is 5.64. The van der Waals surface area contributed by atoms with Crippen molar-refractivity contribution < 1.29 is 13.2 Å². The summed E-state index contributed by atoms with van der Waals surface area (Å²) in [5.41, 5.74) is -2.73. The molecule has 0 amide bonds. The second-order valence-corrected chi connectivity index (χ2v) is 6.44. The SMILES string of the molecule is CCc1ccc(SC(F)(F)F)c(C#CC2CCCCC2)c1. The third kappa shape index (κ3) is 5.32. The van der Waals surface area contributed by atoms with Crippen molar-refractivity contribution in [2.45, 2.75) is 55.9 Å². The molecule has 0 aromatic heterocycles. The van der Waals surface area contributed by atoms with Gasteiger partial charge < -0.3 is 0 Å². The normalized spacial score (nSPS) is 16.4. The van der Waals surface area contributed by atoms with Crippen LogP contribution in [-0.2, 0) is 6.42 Å². The highest BCUT2D eigenvalue weighted by Gasteiger charge is 2.30. The van der Waals surface area contributed by atoms with Crippen molar-refractivity contribution in [3.63, 3.8) is 0 Å². The van der Waals surface area contributed by atoms with Crippen molar-refractivity contribution in [2.75, 3.05) is 0 Å². The number of aryl methyl sites for hydroxylation is 1. The van der Waals surface area contributed by atoms with Crippen LogP contribution in [0.4, 0.5) is 13.2 Å². The largest absolute Gasteiger partial charge is 0.446 e. The maximum Gasteiger partial charge on any atom is 0.446 e. The van der Waals surface area contributed by atoms with Gasteiger partial charge in [-0.05, 0) is 48.7 Å². The molecule has 1 aliphatic rings. The van der Waals surface area contributed by atoms with Gasteiger partial charge in [-0.1, -0.05) is 44.1 Å². The molecule has 1 aromatic carbocycles. The van der Waals surface area contributed by atoms with Gasteiger partial charge in [0.1, 0.15) is 0 Å². The molecule has 0 N–H and O–H groups in total. The summed E-state index contributed by atoms with van der Waals surface area (Å²) in [6, 6.07) is 5.09. The van der Waals surface area contributed by atoms with Crippen molar-refractivity contribution in [3.05, 3.63) is 29.3 Å². The third-order valence-corrected chi connectivity index (χ3v) is 4.50. The second-order valence-electron chi connectivity index (χ2n) is 5.34. The molecule has 1 aliphatic carbocycles. The maximum absolute atomic E-state index is 12.6. The van der Waals surface area contributed by atoms with E-state index in [1.54, 1.807) is 18.2 Å². The monoisotopic (exact) mass is 312 g/mol. The summed E-state index contributed by atoms with van der Waals surface area (Å²) >= 11 is -0.0693. The fourth-order valence-corrected chi connectivity index (χ4v) is 3.14. The Balaban J connectivity index is 2.24. The molecule has 21 heavy (non-hydrogen) atoms. The molecule has 1 aromatic rings. The first-order chi connectivity index (χ1) is 9.98. The Hall–Kier alpha value is -1.08. The van der Waals surface area contributed by atoms with Crippen LogP contribution in [0.1, 0.15) is 50.2 Å². The lowest BCUT2D eigenvalue weighted by Gasteiger charge is -2.15. The second kappa shape index (κ2) is 7.26. The van der Waals surface area contributed by atoms with Gasteiger partial charge in [0.05, 0.1) is 0 Å². The van der Waals surface area contributed by atoms with Gasteiger partial charge in [0.15, 0.2) is 0 Å². The zero-order chi connectivity index (χ0) is 15.3. The van der Waals surface area contributed by atoms with E-state index in [0.29, 0.717) is 11.5 Å². The summed E-state index contributed by atoms with van der Waals surface area (Å²) < 4.78 is 37.8. The van der Waals surface area contributed by atoms with Crippen LogP contribution in [0.2, 0.25) is 0 Å². The van der Waals surface area contributed by atoms with Gasteiger partial charge in [-0.2, -0.15) is 13.2 Å². The van der Waals surface area contributed by atoms with Gasteiger partial charge in [-0.15, -0.1) is 0 Å². The van der Waals surface area contributed by atoms with Crippen LogP contribution in [0.5, 0.6) is 0 Å². The Bertz CT molecular complexity index is 531. The molecular weight excluding hydrogens is 293 g/mol. The fraction of sp³-hybridized carbons (Fsp3) is 0.529. The Morgan fingerprint density at radius 3 is 2.52 bits per heavy atom. The molecular formula is C17H19F3S. The highest BCUT2D eigenvalue weighted by atomic mass is 32.2. The van der Waals surface area contributed by atoms with Crippen molar-refractivity contribution in [1.82, 2.24) is 0 Å². The fourth-order valence-electron chi connectivity index (χ4n) is 2.54. The lowest BCUT2D eigenvalue weighted by Crippen LogP contribution is -2.03. The summed E-state index contributed by atoms with van der Waals surface area (Å²) in [5.74, 6) is 6.53. The minimum Gasteiger partial charge on any atom is -0.160 e. The lowest BCUT2D eigenvalue weighted by molar-refractivity contribution is -0.0328. The zero-order valence-corrected chi connectivity index (χ0v) is 12.9. The van der Waals surface area contributed by atoms with Crippen molar-refractivity contribution in [3.8, 4) is 11.8 Å². The van der Waals surface area contributed by atoms with Crippen LogP contribution < -0.4 is 0 Å². The van der Waals surface area contributed by atoms with Gasteiger partial charge >= 0.3 is 5.51 Å². The highest BCUT2D eigenvalue weighted by Crippen LogP contribution is 2.38. The van der Waals surface area contributed by atoms with Gasteiger partial charge in [0.25, 0.3) is 0 Å². The van der Waals surface area contributed by atoms with E-state index in [9.17, 15) is 13.2 Å². The number of alkyl halides is 3. The number of rotatable bonds is 2. The summed E-state index contributed by atoms with van der Waals surface area (Å²) in [4.78, 5) is 0.211. The van der Waals surface area contributed by atoms with Crippen LogP contribution >= 0.6 is 11.8 Å². The van der Waals surface area contributed by atoms with Crippen LogP contribution in [0.3, 0.4) is 0 Å². The van der Waals surface area contributed by atoms with E-state index in [0.717, 1.165) is 24.8 Å². The van der Waals surface area contributed by atoms with E-state index < -0.39 is 5.51 Å². The molecule has 0 bridgehead atoms. The number of thioether (sulfide) groups is 1. The molecule has 2 rings (SSSR count). The summed E-state index contributed by atoms with van der Waals surface area (Å²) in [6.45, 7) is 1.99. The summed E-state index contributed by atoms with van der Waals surface area (Å²) in [6.07, 6.45) is 6.55. The first-order valence-corrected chi connectivity index (χ1v) is 8.20. The van der Waals surface area contributed by atoms with Gasteiger partial charge in [0, 0.05) is 16.4 Å². The van der Waals surface area contributed by atoms with E-state index in [1.165, 1.54) is 19.3 Å². The van der Waals surface area contributed by atoms with Gasteiger partial charge in [-0.3, -0.25) is 0 Å². The van der Waals surface area contributed by atoms with Crippen LogP contribution in [0, 0.1) is 17.8 Å². The number of halogens is 3. The average Bonchev–Trinajstić information content (AvgIpc) is 2.46. The van der Waals surface area contributed by atoms with E-state index >= 15 is 0 Å². The minimum absolute atomic E-state index is 0.0693. The number of benzene rings is 1. The number of hydrogen-bond acceptors (Lipinski definition) is 1. The highest BCUT2D eigenvalue weighted by molar-refractivity contribution is 8.00. The first kappa shape index (κ1) is 16.3. The molecule has 0 nitrogen and oxygen atoms in total. The van der Waals surface area contributed by atoms with Gasteiger partial charge in [0.2, 0.25) is 0 Å². The lowest BCUT2D eigenvalue weighted by atomic mass is 9.89. The predicted molar refractivity (Wildman–Crippen MR) is 81.2 cm³/mol. The molecule has 0 aliphatic heterocycles. The van der Waals surface area contributed by atoms with Crippen molar-refractivity contribution in [1.29, 1.82) is 0 Å². The minimum atomic E-state index is -4.27. The maximum atomic E-state index is 12.6. The Labute approximate surface area is 128 Å². The molecule has 1 saturated carbocycles. The first-order valence-electron chi connectivity index (χ1n) is 7.38. The van der Waals surface area contributed by atoms with E-state index in [4.69, 9.17) is 0 Å². The molecule has 0 saturated heterocycles. The molecule has 0 spiro atoms. The van der Waals surface area contributed by atoms with Crippen molar-refractivity contribution >= 4 is 11.8 Å². The van der Waals surface area contributed by atoms with Crippen LogP contribution in [-0.4, -0.2) is 5.51 Å². The number of hydrogen-bond donors (Lipinski definition) is 0. The molecule has 4 heteroatoms. The standard InChI is InChI=1S/C17H19F3S/c1-2-13-9-11-16(21-17(18,19)20)15(12-13)10-8-14-6-4-3-5-7-14/h9,11-12,14H,2-7H2,1H3. The van der Waals surface area contributed by atoms with E-state index in [2.05, 4.69) is 11.8 Å². The quantitative estimate of drug-likeness (QED) is 0.492. The van der Waals surface area contributed by atoms with Crippen LogP contribution in [0.15, 0.2) is 23.1 Å². The van der Waals surface area contributed by atoms with Crippen molar-refractivity contribution in [2.24, 2.45) is 5.92 Å². The molecule has 0 radical (unpaired) electrons. The van der Waals surface area contributed by atoms with Gasteiger partial charge in [-0.25, -0.2) is 0 Å². The Morgan fingerprint density at radius 2 is 1.90 bits per heavy atom. The smallest absolute Gasteiger partial charge is 0.160 e. The Morgan fingerprint density at radius 1 is 1.19 bits per heavy atom.